The SMILES string of the molecule is CN1CCCCC1C(=O)OCC(=O)N(CC#N)c1ccccc1. The summed E-state index contributed by atoms with van der Waals surface area (Å²) < 4.78 is 5.18. The van der Waals surface area contributed by atoms with Crippen LogP contribution in [0.2, 0.25) is 0 Å². The van der Waals surface area contributed by atoms with Gasteiger partial charge in [0.25, 0.3) is 5.91 Å². The van der Waals surface area contributed by atoms with E-state index in [-0.39, 0.29) is 25.2 Å². The highest BCUT2D eigenvalue weighted by molar-refractivity contribution is 5.95. The largest absolute Gasteiger partial charge is 0.454 e. The monoisotopic (exact) mass is 315 g/mol. The van der Waals surface area contributed by atoms with Gasteiger partial charge in [0.15, 0.2) is 6.61 Å². The van der Waals surface area contributed by atoms with Gasteiger partial charge in [-0.25, -0.2) is 0 Å². The van der Waals surface area contributed by atoms with Gasteiger partial charge in [0, 0.05) is 5.69 Å². The Bertz CT molecular complexity index is 582. The lowest BCUT2D eigenvalue weighted by Crippen LogP contribution is -2.44. The lowest BCUT2D eigenvalue weighted by atomic mass is 10.0. The minimum Gasteiger partial charge on any atom is -0.454 e. The zero-order valence-corrected chi connectivity index (χ0v) is 13.3. The van der Waals surface area contributed by atoms with Crippen LogP contribution in [0.25, 0.3) is 0 Å². The van der Waals surface area contributed by atoms with Gasteiger partial charge in [0.1, 0.15) is 12.6 Å². The first-order chi connectivity index (χ1) is 11.1. The van der Waals surface area contributed by atoms with Crippen LogP contribution in [-0.4, -0.2) is 49.6 Å². The number of nitrogens with zero attached hydrogens (tertiary/aromatic N) is 3. The summed E-state index contributed by atoms with van der Waals surface area (Å²) >= 11 is 0. The summed E-state index contributed by atoms with van der Waals surface area (Å²) in [7, 11) is 1.89. The molecule has 0 aromatic heterocycles. The Kier molecular flexibility index (Phi) is 6.12. The number of hydrogen-bond donors (Lipinski definition) is 0. The average Bonchev–Trinajstić information content (AvgIpc) is 2.58. The molecule has 0 N–H and O–H groups in total. The quantitative estimate of drug-likeness (QED) is 0.609. The molecule has 1 aliphatic heterocycles. The van der Waals surface area contributed by atoms with Gasteiger partial charge in [-0.3, -0.25) is 19.4 Å². The van der Waals surface area contributed by atoms with Crippen molar-refractivity contribution in [3.05, 3.63) is 30.3 Å². The van der Waals surface area contributed by atoms with E-state index < -0.39 is 5.91 Å². The van der Waals surface area contributed by atoms with Crippen molar-refractivity contribution in [1.82, 2.24) is 4.90 Å². The molecule has 6 heteroatoms. The van der Waals surface area contributed by atoms with Gasteiger partial charge < -0.3 is 4.74 Å². The van der Waals surface area contributed by atoms with Crippen molar-refractivity contribution in [2.24, 2.45) is 0 Å². The molecule has 1 amide bonds. The molecule has 0 bridgehead atoms. The zero-order valence-electron chi connectivity index (χ0n) is 13.3. The molecule has 1 atom stereocenters. The van der Waals surface area contributed by atoms with Crippen LogP contribution in [0.3, 0.4) is 0 Å². The van der Waals surface area contributed by atoms with E-state index in [1.807, 2.05) is 24.1 Å². The van der Waals surface area contributed by atoms with Gasteiger partial charge in [0.2, 0.25) is 0 Å². The Hall–Kier alpha value is -2.39. The molecule has 1 aromatic carbocycles. The summed E-state index contributed by atoms with van der Waals surface area (Å²) in [6, 6.07) is 10.6. The smallest absolute Gasteiger partial charge is 0.323 e. The summed E-state index contributed by atoms with van der Waals surface area (Å²) in [5.74, 6) is -0.768. The normalized spacial score (nSPS) is 18.0. The second kappa shape index (κ2) is 8.30. The zero-order chi connectivity index (χ0) is 16.7. The molecule has 0 radical (unpaired) electrons. The first-order valence-corrected chi connectivity index (χ1v) is 7.72. The Labute approximate surface area is 136 Å². The predicted octanol–water partition coefficient (Wildman–Crippen LogP) is 1.57. The number of benzene rings is 1. The second-order valence-corrected chi connectivity index (χ2v) is 5.57. The van der Waals surface area contributed by atoms with Crippen molar-refractivity contribution in [2.45, 2.75) is 25.3 Å². The summed E-state index contributed by atoms with van der Waals surface area (Å²) in [4.78, 5) is 27.7. The number of anilines is 1. The lowest BCUT2D eigenvalue weighted by molar-refractivity contribution is -0.153. The molecule has 1 aromatic rings. The van der Waals surface area contributed by atoms with E-state index in [0.717, 1.165) is 25.8 Å². The van der Waals surface area contributed by atoms with Gasteiger partial charge in [-0.1, -0.05) is 24.6 Å². The van der Waals surface area contributed by atoms with Gasteiger partial charge in [-0.15, -0.1) is 0 Å². The number of carbonyl (C=O) groups excluding carboxylic acids is 2. The fourth-order valence-corrected chi connectivity index (χ4v) is 2.68. The summed E-state index contributed by atoms with van der Waals surface area (Å²) in [5.41, 5.74) is 0.616. The number of hydrogen-bond acceptors (Lipinski definition) is 5. The number of piperidine rings is 1. The fourth-order valence-electron chi connectivity index (χ4n) is 2.68. The van der Waals surface area contributed by atoms with Crippen LogP contribution in [0, 0.1) is 11.3 Å². The Balaban J connectivity index is 1.94. The highest BCUT2D eigenvalue weighted by atomic mass is 16.5. The number of ether oxygens (including phenoxy) is 1. The van der Waals surface area contributed by atoms with E-state index in [1.54, 1.807) is 24.3 Å². The summed E-state index contributed by atoms with van der Waals surface area (Å²) in [6.45, 7) is 0.432. The Morgan fingerprint density at radius 1 is 1.35 bits per heavy atom. The van der Waals surface area contributed by atoms with Gasteiger partial charge in [-0.2, -0.15) is 5.26 Å². The van der Waals surface area contributed by atoms with E-state index in [1.165, 1.54) is 4.90 Å². The predicted molar refractivity (Wildman–Crippen MR) is 85.6 cm³/mol. The molecule has 0 spiro atoms. The van der Waals surface area contributed by atoms with Gasteiger partial charge in [0.05, 0.1) is 6.07 Å². The topological polar surface area (TPSA) is 73.6 Å². The first kappa shape index (κ1) is 17.0. The van der Waals surface area contributed by atoms with Crippen LogP contribution in [0.15, 0.2) is 30.3 Å². The minimum atomic E-state index is -0.399. The van der Waals surface area contributed by atoms with Gasteiger partial charge >= 0.3 is 5.97 Å². The highest BCUT2D eigenvalue weighted by Crippen LogP contribution is 2.17. The maximum Gasteiger partial charge on any atom is 0.323 e. The van der Waals surface area contributed by atoms with Crippen molar-refractivity contribution in [3.8, 4) is 6.07 Å². The molecule has 0 aliphatic carbocycles. The average molecular weight is 315 g/mol. The van der Waals surface area contributed by atoms with Crippen LogP contribution < -0.4 is 4.90 Å². The van der Waals surface area contributed by atoms with Crippen molar-refractivity contribution >= 4 is 17.6 Å². The molecule has 1 saturated heterocycles. The summed E-state index contributed by atoms with van der Waals surface area (Å²) in [5, 5.41) is 8.90. The number of esters is 1. The third-order valence-electron chi connectivity index (χ3n) is 3.98. The number of para-hydroxylation sites is 1. The maximum atomic E-state index is 12.3. The number of carbonyl (C=O) groups is 2. The molecule has 6 nitrogen and oxygen atoms in total. The van der Waals surface area contributed by atoms with Crippen molar-refractivity contribution in [1.29, 1.82) is 5.26 Å². The summed E-state index contributed by atoms with van der Waals surface area (Å²) in [6.07, 6.45) is 2.82. The van der Waals surface area contributed by atoms with Crippen LogP contribution in [0.5, 0.6) is 0 Å². The highest BCUT2D eigenvalue weighted by Gasteiger charge is 2.28. The van der Waals surface area contributed by atoms with E-state index in [9.17, 15) is 9.59 Å². The number of nitriles is 1. The van der Waals surface area contributed by atoms with Crippen LogP contribution >= 0.6 is 0 Å². The third kappa shape index (κ3) is 4.54. The molecule has 2 rings (SSSR count). The van der Waals surface area contributed by atoms with E-state index >= 15 is 0 Å². The molecule has 0 saturated carbocycles. The molecule has 1 fully saturated rings. The van der Waals surface area contributed by atoms with Gasteiger partial charge in [-0.05, 0) is 38.6 Å². The molecular formula is C17H21N3O3. The fraction of sp³-hybridized carbons (Fsp3) is 0.471. The van der Waals surface area contributed by atoms with E-state index in [4.69, 9.17) is 10.00 Å². The Morgan fingerprint density at radius 3 is 2.74 bits per heavy atom. The molecule has 1 unspecified atom stereocenters. The molecule has 122 valence electrons. The van der Waals surface area contributed by atoms with Crippen molar-refractivity contribution in [2.75, 3.05) is 31.6 Å². The molecule has 23 heavy (non-hydrogen) atoms. The number of rotatable bonds is 5. The van der Waals surface area contributed by atoms with Crippen LogP contribution in [-0.2, 0) is 14.3 Å². The number of likely N-dealkylation sites (N-methyl/N-ethyl adjacent to an activating group) is 1. The number of amides is 1. The van der Waals surface area contributed by atoms with Crippen LogP contribution in [0.1, 0.15) is 19.3 Å². The lowest BCUT2D eigenvalue weighted by Gasteiger charge is -2.30. The first-order valence-electron chi connectivity index (χ1n) is 7.72. The molecule has 1 aliphatic rings. The third-order valence-corrected chi connectivity index (χ3v) is 3.98. The second-order valence-electron chi connectivity index (χ2n) is 5.57. The van der Waals surface area contributed by atoms with E-state index in [2.05, 4.69) is 0 Å². The maximum absolute atomic E-state index is 12.3. The standard InChI is InChI=1S/C17H21N3O3/c1-19-11-6-5-9-15(19)17(22)23-13-16(21)20(12-10-18)14-7-3-2-4-8-14/h2-4,7-8,15H,5-6,9,11-13H2,1H3. The Morgan fingerprint density at radius 2 is 2.09 bits per heavy atom. The van der Waals surface area contributed by atoms with Crippen LogP contribution in [0.4, 0.5) is 5.69 Å². The minimum absolute atomic E-state index is 0.0796. The molecular weight excluding hydrogens is 294 g/mol. The molecule has 1 heterocycles. The van der Waals surface area contributed by atoms with Crippen molar-refractivity contribution < 1.29 is 14.3 Å². The number of likely N-dealkylation sites (tertiary alicyclic amines) is 1. The van der Waals surface area contributed by atoms with Crippen molar-refractivity contribution in [3.63, 3.8) is 0 Å². The van der Waals surface area contributed by atoms with E-state index in [0.29, 0.717) is 5.69 Å².